The van der Waals surface area contributed by atoms with Crippen LogP contribution in [0, 0.1) is 0 Å². The average molecular weight is 1090 g/mol. The minimum absolute atomic E-state index is 0.119. The number of ether oxygens (including phenoxy) is 3. The molecule has 0 aliphatic rings. The summed E-state index contributed by atoms with van der Waals surface area (Å²) in [4.78, 5) is 38.3. The molecule has 0 saturated heterocycles. The van der Waals surface area contributed by atoms with Gasteiger partial charge in [0, 0.05) is 12.8 Å². The number of unbranched alkanes of at least 4 members (excludes halogenated alkanes) is 26. The molecule has 79 heavy (non-hydrogen) atoms. The molecule has 0 aromatic carbocycles. The summed E-state index contributed by atoms with van der Waals surface area (Å²) in [5.41, 5.74) is 0. The van der Waals surface area contributed by atoms with E-state index in [2.05, 4.69) is 142 Å². The van der Waals surface area contributed by atoms with E-state index in [1.807, 2.05) is 6.08 Å². The molecule has 6 nitrogen and oxygen atoms in total. The zero-order chi connectivity index (χ0) is 57.1. The van der Waals surface area contributed by atoms with Gasteiger partial charge in [0.2, 0.25) is 0 Å². The topological polar surface area (TPSA) is 78.9 Å². The molecule has 0 N–H and O–H groups in total. The van der Waals surface area contributed by atoms with E-state index in [1.165, 1.54) is 128 Å². The molecule has 0 saturated carbocycles. The van der Waals surface area contributed by atoms with Crippen LogP contribution in [0.15, 0.2) is 134 Å². The van der Waals surface area contributed by atoms with Crippen LogP contribution in [-0.4, -0.2) is 37.2 Å². The largest absolute Gasteiger partial charge is 0.462 e. The minimum atomic E-state index is -0.834. The lowest BCUT2D eigenvalue weighted by Crippen LogP contribution is -2.30. The van der Waals surface area contributed by atoms with Crippen LogP contribution >= 0.6 is 0 Å². The minimum Gasteiger partial charge on any atom is -0.462 e. The van der Waals surface area contributed by atoms with Crippen molar-refractivity contribution in [1.29, 1.82) is 0 Å². The Hall–Kier alpha value is -4.45. The van der Waals surface area contributed by atoms with Crippen molar-refractivity contribution in [1.82, 2.24) is 0 Å². The van der Waals surface area contributed by atoms with E-state index < -0.39 is 12.1 Å². The van der Waals surface area contributed by atoms with Gasteiger partial charge in [-0.1, -0.05) is 309 Å². The maximum Gasteiger partial charge on any atom is 0.309 e. The van der Waals surface area contributed by atoms with Gasteiger partial charge in [-0.05, 0) is 96.3 Å². The lowest BCUT2D eigenvalue weighted by Gasteiger charge is -2.18. The Kier molecular flexibility index (Phi) is 62.3. The smallest absolute Gasteiger partial charge is 0.309 e. The van der Waals surface area contributed by atoms with E-state index in [1.54, 1.807) is 6.08 Å². The summed E-state index contributed by atoms with van der Waals surface area (Å²) in [5, 5.41) is 0. The predicted octanol–water partition coefficient (Wildman–Crippen LogP) is 22.5. The first-order valence-electron chi connectivity index (χ1n) is 32.7. The molecule has 448 valence electrons. The average Bonchev–Trinajstić information content (AvgIpc) is 3.45. The molecule has 0 heterocycles. The molecule has 0 aromatic heterocycles. The number of esters is 3. The Morgan fingerprint density at radius 3 is 0.886 bits per heavy atom. The molecule has 0 radical (unpaired) electrons. The maximum atomic E-state index is 12.9. The Morgan fingerprint density at radius 2 is 0.544 bits per heavy atom. The van der Waals surface area contributed by atoms with Crippen LogP contribution in [0.4, 0.5) is 0 Å². The second-order valence-corrected chi connectivity index (χ2v) is 21.3. The number of allylic oxidation sites excluding steroid dienone is 21. The van der Waals surface area contributed by atoms with E-state index in [4.69, 9.17) is 14.2 Å². The first-order valence-corrected chi connectivity index (χ1v) is 32.7. The van der Waals surface area contributed by atoms with Crippen LogP contribution in [0.3, 0.4) is 0 Å². The van der Waals surface area contributed by atoms with Gasteiger partial charge in [-0.3, -0.25) is 14.4 Å². The zero-order valence-electron chi connectivity index (χ0n) is 51.3. The van der Waals surface area contributed by atoms with Gasteiger partial charge in [-0.15, -0.1) is 0 Å². The van der Waals surface area contributed by atoms with Gasteiger partial charge in [-0.25, -0.2) is 0 Å². The van der Waals surface area contributed by atoms with Crippen molar-refractivity contribution in [2.75, 3.05) is 13.2 Å². The maximum absolute atomic E-state index is 12.9. The highest BCUT2D eigenvalue weighted by atomic mass is 16.6. The highest BCUT2D eigenvalue weighted by Gasteiger charge is 2.19. The van der Waals surface area contributed by atoms with E-state index in [-0.39, 0.29) is 31.6 Å². The second-order valence-electron chi connectivity index (χ2n) is 21.3. The normalized spacial score (nSPS) is 13.0. The van der Waals surface area contributed by atoms with Crippen LogP contribution in [0.2, 0.25) is 0 Å². The highest BCUT2D eigenvalue weighted by molar-refractivity contribution is 5.72. The van der Waals surface area contributed by atoms with Gasteiger partial charge in [0.15, 0.2) is 6.10 Å². The van der Waals surface area contributed by atoms with Gasteiger partial charge < -0.3 is 14.2 Å². The third kappa shape index (κ3) is 64.3. The monoisotopic (exact) mass is 1090 g/mol. The third-order valence-electron chi connectivity index (χ3n) is 13.7. The first-order chi connectivity index (χ1) is 39.0. The summed E-state index contributed by atoms with van der Waals surface area (Å²) in [6, 6.07) is 0. The lowest BCUT2D eigenvalue weighted by molar-refractivity contribution is -0.166. The molecule has 0 aliphatic carbocycles. The second kappa shape index (κ2) is 66.1. The SMILES string of the molecule is CC/C=C\C/C=C\C/C=C\C/C=C\C/C=C\C/C=C\CCCCCCC(=O)OCC(COC(=O)C/C=C\C/C=C\C/C=C\C/C=C\C/C=C\CC)OC(=O)CCCCCCCCCCCCCCCCCCCCCCCCC. The fraction of sp³-hybridized carbons (Fsp3) is 0.658. The van der Waals surface area contributed by atoms with Gasteiger partial charge in [-0.2, -0.15) is 0 Å². The summed E-state index contributed by atoms with van der Waals surface area (Å²) >= 11 is 0. The molecule has 1 atom stereocenters. The first kappa shape index (κ1) is 74.5. The molecule has 1 unspecified atom stereocenters. The zero-order valence-corrected chi connectivity index (χ0v) is 51.3. The van der Waals surface area contributed by atoms with E-state index in [0.717, 1.165) is 122 Å². The molecular formula is C73H120O6. The molecule has 0 fully saturated rings. The van der Waals surface area contributed by atoms with Gasteiger partial charge in [0.05, 0.1) is 6.42 Å². The van der Waals surface area contributed by atoms with Gasteiger partial charge >= 0.3 is 17.9 Å². The van der Waals surface area contributed by atoms with Crippen molar-refractivity contribution in [3.63, 3.8) is 0 Å². The van der Waals surface area contributed by atoms with Crippen molar-refractivity contribution < 1.29 is 28.6 Å². The Labute approximate surface area is 487 Å². The Bertz CT molecular complexity index is 1680. The predicted molar refractivity (Wildman–Crippen MR) is 343 cm³/mol. The highest BCUT2D eigenvalue weighted by Crippen LogP contribution is 2.17. The summed E-state index contributed by atoms with van der Waals surface area (Å²) in [6.07, 6.45) is 93.5. The Balaban J connectivity index is 4.47. The van der Waals surface area contributed by atoms with Crippen molar-refractivity contribution in [3.8, 4) is 0 Å². The van der Waals surface area contributed by atoms with Crippen molar-refractivity contribution in [2.45, 2.75) is 297 Å². The molecule has 6 heteroatoms. The standard InChI is InChI=1S/C73H120O6/c1-4-7-10-13-16-19-22-25-28-30-32-34-36-38-40-42-45-48-51-54-57-60-63-66-72(75)78-69-70(68-77-71(74)65-62-59-56-53-50-47-44-27-24-21-18-15-12-9-6-3)79-73(76)67-64-61-58-55-52-49-46-43-41-39-37-35-33-31-29-26-23-20-17-14-11-8-5-2/h7,9-10,12,16,18-19,21,25,27-28,32,34,38,40,44-45,48,50,53,59,62,70H,4-6,8,11,13-15,17,20,22-24,26,29-31,33,35-37,39,41-43,46-47,49,51-52,54-58,60-61,63-69H2,1-3H3/b10-7-,12-9-,19-16-,21-18-,28-25-,34-32-,40-38-,44-27-,48-45-,53-50-,62-59-. The number of carbonyl (C=O) groups is 3. The van der Waals surface area contributed by atoms with Gasteiger partial charge in [0.25, 0.3) is 0 Å². The van der Waals surface area contributed by atoms with Crippen molar-refractivity contribution >= 4 is 17.9 Å². The molecule has 0 amide bonds. The number of hydrogen-bond acceptors (Lipinski definition) is 6. The number of rotatable bonds is 58. The fourth-order valence-corrected chi connectivity index (χ4v) is 8.87. The quantitative estimate of drug-likeness (QED) is 0.0261. The lowest BCUT2D eigenvalue weighted by atomic mass is 10.0. The Morgan fingerprint density at radius 1 is 0.278 bits per heavy atom. The van der Waals surface area contributed by atoms with Gasteiger partial charge in [0.1, 0.15) is 13.2 Å². The molecule has 0 spiro atoms. The van der Waals surface area contributed by atoms with E-state index in [9.17, 15) is 14.4 Å². The van der Waals surface area contributed by atoms with Crippen molar-refractivity contribution in [3.05, 3.63) is 134 Å². The van der Waals surface area contributed by atoms with Crippen LogP contribution < -0.4 is 0 Å². The fourth-order valence-electron chi connectivity index (χ4n) is 8.87. The summed E-state index contributed by atoms with van der Waals surface area (Å²) in [7, 11) is 0. The van der Waals surface area contributed by atoms with Crippen LogP contribution in [0.25, 0.3) is 0 Å². The molecule has 0 rings (SSSR count). The van der Waals surface area contributed by atoms with E-state index in [0.29, 0.717) is 12.8 Å². The summed E-state index contributed by atoms with van der Waals surface area (Å²) < 4.78 is 16.8. The molecule has 0 aromatic rings. The van der Waals surface area contributed by atoms with E-state index >= 15 is 0 Å². The third-order valence-corrected chi connectivity index (χ3v) is 13.7. The summed E-state index contributed by atoms with van der Waals surface area (Å²) in [6.45, 7) is 6.33. The van der Waals surface area contributed by atoms with Crippen molar-refractivity contribution in [2.24, 2.45) is 0 Å². The van der Waals surface area contributed by atoms with Crippen LogP contribution in [0.5, 0.6) is 0 Å². The molecular weight excluding hydrogens is 973 g/mol. The number of hydrogen-bond donors (Lipinski definition) is 0. The molecule has 0 aliphatic heterocycles. The summed E-state index contributed by atoms with van der Waals surface area (Å²) in [5.74, 6) is -1.07. The number of carbonyl (C=O) groups excluding carboxylic acids is 3. The molecule has 0 bridgehead atoms. The van der Waals surface area contributed by atoms with Crippen LogP contribution in [-0.2, 0) is 28.6 Å². The van der Waals surface area contributed by atoms with Crippen LogP contribution in [0.1, 0.15) is 290 Å².